The minimum absolute atomic E-state index is 0.0597. The molecule has 10 nitrogen and oxygen atoms in total. The van der Waals surface area contributed by atoms with Gasteiger partial charge in [0.15, 0.2) is 0 Å². The van der Waals surface area contributed by atoms with E-state index in [4.69, 9.17) is 4.74 Å². The van der Waals surface area contributed by atoms with Gasteiger partial charge in [-0.25, -0.2) is 8.42 Å². The number of rotatable bonds is 7. The third-order valence-corrected chi connectivity index (χ3v) is 6.45. The lowest BCUT2D eigenvalue weighted by Crippen LogP contribution is -2.15. The van der Waals surface area contributed by atoms with Crippen LogP contribution in [0, 0.1) is 10.1 Å². The molecule has 1 N–H and O–H groups in total. The Morgan fingerprint density at radius 1 is 0.971 bits per heavy atom. The summed E-state index contributed by atoms with van der Waals surface area (Å²) >= 11 is 0. The lowest BCUT2D eigenvalue weighted by molar-refractivity contribution is -0.385. The van der Waals surface area contributed by atoms with Gasteiger partial charge in [0, 0.05) is 18.8 Å². The molecule has 0 bridgehead atoms. The molecule has 4 rings (SSSR count). The molecule has 0 aliphatic heterocycles. The van der Waals surface area contributed by atoms with E-state index in [1.165, 1.54) is 37.4 Å². The molecule has 0 saturated heterocycles. The van der Waals surface area contributed by atoms with Crippen LogP contribution in [0.1, 0.15) is 10.5 Å². The second-order valence-electron chi connectivity index (χ2n) is 7.17. The van der Waals surface area contributed by atoms with Crippen molar-refractivity contribution in [3.63, 3.8) is 0 Å². The maximum Gasteiger partial charge on any atom is 0.320 e. The van der Waals surface area contributed by atoms with Gasteiger partial charge < -0.3 is 10.1 Å². The molecular weight excluding hydrogens is 460 g/mol. The number of carbonyl (C=O) groups excluding carboxylic acids is 1. The van der Waals surface area contributed by atoms with Gasteiger partial charge in [-0.3, -0.25) is 19.6 Å². The second-order valence-corrected chi connectivity index (χ2v) is 9.12. The van der Waals surface area contributed by atoms with Gasteiger partial charge in [-0.1, -0.05) is 36.4 Å². The molecule has 4 aromatic rings. The van der Waals surface area contributed by atoms with E-state index in [1.54, 1.807) is 48.5 Å². The lowest BCUT2D eigenvalue weighted by atomic mass is 10.2. The average molecular weight is 478 g/mol. The Morgan fingerprint density at radius 2 is 1.62 bits per heavy atom. The van der Waals surface area contributed by atoms with Gasteiger partial charge in [0.2, 0.25) is 15.5 Å². The fourth-order valence-electron chi connectivity index (χ4n) is 3.18. The Morgan fingerprint density at radius 3 is 2.26 bits per heavy atom. The number of amides is 1. The predicted molar refractivity (Wildman–Crippen MR) is 123 cm³/mol. The topological polar surface area (TPSA) is 133 Å². The molecule has 0 aliphatic rings. The quantitative estimate of drug-likeness (QED) is 0.311. The standard InChI is InChI=1S/C23H18N4O6S/c1-26-15-21(27(29)30)22(25-26)23(28)24-16-12-18(33-17-8-4-2-5-9-17)14-20(13-16)34(31,32)19-10-6-3-7-11-19/h2-15H,1H3,(H,24,28). The van der Waals surface area contributed by atoms with Crippen molar-refractivity contribution in [2.45, 2.75) is 9.79 Å². The van der Waals surface area contributed by atoms with Gasteiger partial charge in [-0.15, -0.1) is 0 Å². The first kappa shape index (κ1) is 22.7. The molecule has 0 unspecified atom stereocenters. The van der Waals surface area contributed by atoms with Crippen LogP contribution in [-0.2, 0) is 16.9 Å². The number of anilines is 1. The summed E-state index contributed by atoms with van der Waals surface area (Å²) in [5.41, 5.74) is -0.823. The van der Waals surface area contributed by atoms with Crippen LogP contribution in [0.2, 0.25) is 0 Å². The average Bonchev–Trinajstić information content (AvgIpc) is 3.22. The molecule has 1 amide bonds. The first-order valence-corrected chi connectivity index (χ1v) is 11.4. The summed E-state index contributed by atoms with van der Waals surface area (Å²) in [5.74, 6) is -0.268. The number of nitrogens with zero attached hydrogens (tertiary/aromatic N) is 3. The first-order valence-electron chi connectivity index (χ1n) is 9.91. The molecule has 1 aromatic heterocycles. The van der Waals surface area contributed by atoms with Crippen LogP contribution in [0.25, 0.3) is 0 Å². The Kier molecular flexibility index (Phi) is 6.11. The molecule has 0 atom stereocenters. The van der Waals surface area contributed by atoms with Crippen molar-refractivity contribution >= 4 is 27.1 Å². The number of aryl methyl sites for hydroxylation is 1. The number of ether oxygens (including phenoxy) is 1. The lowest BCUT2D eigenvalue weighted by Gasteiger charge is -2.12. The zero-order valence-electron chi connectivity index (χ0n) is 17.8. The molecule has 0 aliphatic carbocycles. The van der Waals surface area contributed by atoms with Gasteiger partial charge in [0.05, 0.1) is 14.7 Å². The number of hydrogen-bond acceptors (Lipinski definition) is 7. The van der Waals surface area contributed by atoms with Gasteiger partial charge >= 0.3 is 5.69 Å². The third-order valence-electron chi connectivity index (χ3n) is 4.70. The number of nitro groups is 1. The molecule has 0 spiro atoms. The monoisotopic (exact) mass is 478 g/mol. The summed E-state index contributed by atoms with van der Waals surface area (Å²) < 4.78 is 33.4. The Balaban J connectivity index is 1.76. The van der Waals surface area contributed by atoms with Gasteiger partial charge in [-0.2, -0.15) is 5.10 Å². The molecule has 11 heteroatoms. The Bertz CT molecular complexity index is 1470. The van der Waals surface area contributed by atoms with E-state index in [1.807, 2.05) is 0 Å². The van der Waals surface area contributed by atoms with E-state index in [2.05, 4.69) is 10.4 Å². The SMILES string of the molecule is Cn1cc([N+](=O)[O-])c(C(=O)Nc2cc(Oc3ccccc3)cc(S(=O)(=O)c3ccccc3)c2)n1. The minimum Gasteiger partial charge on any atom is -0.457 e. The number of sulfone groups is 1. The van der Waals surface area contributed by atoms with E-state index < -0.39 is 32.0 Å². The molecule has 0 saturated carbocycles. The number of hydrogen-bond donors (Lipinski definition) is 1. The zero-order chi connectivity index (χ0) is 24.3. The number of benzene rings is 3. The van der Waals surface area contributed by atoms with Gasteiger partial charge in [0.1, 0.15) is 17.7 Å². The highest BCUT2D eigenvalue weighted by atomic mass is 32.2. The van der Waals surface area contributed by atoms with Crippen LogP contribution in [0.5, 0.6) is 11.5 Å². The molecule has 3 aromatic carbocycles. The van der Waals surface area contributed by atoms with Crippen molar-refractivity contribution in [1.82, 2.24) is 9.78 Å². The highest BCUT2D eigenvalue weighted by molar-refractivity contribution is 7.91. The van der Waals surface area contributed by atoms with Crippen molar-refractivity contribution in [3.8, 4) is 11.5 Å². The van der Waals surface area contributed by atoms with Crippen molar-refractivity contribution in [1.29, 1.82) is 0 Å². The predicted octanol–water partition coefficient (Wildman–Crippen LogP) is 4.21. The number of aromatic nitrogens is 2. The van der Waals surface area contributed by atoms with E-state index in [0.29, 0.717) is 5.75 Å². The van der Waals surface area contributed by atoms with Crippen LogP contribution >= 0.6 is 0 Å². The minimum atomic E-state index is -3.95. The van der Waals surface area contributed by atoms with E-state index in [0.717, 1.165) is 10.9 Å². The number of carbonyl (C=O) groups is 1. The maximum atomic E-state index is 13.2. The third kappa shape index (κ3) is 4.79. The highest BCUT2D eigenvalue weighted by Crippen LogP contribution is 2.31. The fourth-order valence-corrected chi connectivity index (χ4v) is 4.52. The van der Waals surface area contributed by atoms with Crippen LogP contribution in [0.4, 0.5) is 11.4 Å². The normalized spacial score (nSPS) is 11.1. The van der Waals surface area contributed by atoms with Crippen molar-refractivity contribution in [2.24, 2.45) is 7.05 Å². The van der Waals surface area contributed by atoms with Crippen molar-refractivity contribution in [3.05, 3.63) is 101 Å². The molecule has 34 heavy (non-hydrogen) atoms. The molecular formula is C23H18N4O6S. The van der Waals surface area contributed by atoms with Crippen LogP contribution < -0.4 is 10.1 Å². The Hall–Kier alpha value is -4.51. The molecule has 0 radical (unpaired) electrons. The first-order chi connectivity index (χ1) is 16.2. The molecule has 172 valence electrons. The summed E-state index contributed by atoms with van der Waals surface area (Å²) in [6.07, 6.45) is 1.11. The van der Waals surface area contributed by atoms with Gasteiger partial charge in [-0.05, 0) is 36.4 Å². The highest BCUT2D eigenvalue weighted by Gasteiger charge is 2.26. The Labute approximate surface area is 194 Å². The summed E-state index contributed by atoms with van der Waals surface area (Å²) in [5, 5.41) is 17.6. The van der Waals surface area contributed by atoms with Crippen molar-refractivity contribution in [2.75, 3.05) is 5.32 Å². The van der Waals surface area contributed by atoms with Crippen LogP contribution in [0.3, 0.4) is 0 Å². The number of nitrogens with one attached hydrogen (secondary N) is 1. The van der Waals surface area contributed by atoms with Crippen LogP contribution in [0.15, 0.2) is 94.9 Å². The van der Waals surface area contributed by atoms with Gasteiger partial charge in [0.25, 0.3) is 5.91 Å². The van der Waals surface area contributed by atoms with Crippen LogP contribution in [-0.4, -0.2) is 29.0 Å². The largest absolute Gasteiger partial charge is 0.457 e. The summed E-state index contributed by atoms with van der Waals surface area (Å²) in [6, 6.07) is 20.5. The molecule has 0 fully saturated rings. The maximum absolute atomic E-state index is 13.2. The van der Waals surface area contributed by atoms with E-state index in [9.17, 15) is 23.3 Å². The van der Waals surface area contributed by atoms with Crippen molar-refractivity contribution < 1.29 is 22.9 Å². The summed E-state index contributed by atoms with van der Waals surface area (Å²) in [6.45, 7) is 0. The summed E-state index contributed by atoms with van der Waals surface area (Å²) in [4.78, 5) is 23.2. The van der Waals surface area contributed by atoms with E-state index >= 15 is 0 Å². The fraction of sp³-hybridized carbons (Fsp3) is 0.0435. The smallest absolute Gasteiger partial charge is 0.320 e. The molecule has 1 heterocycles. The zero-order valence-corrected chi connectivity index (χ0v) is 18.6. The van der Waals surface area contributed by atoms with E-state index in [-0.39, 0.29) is 21.2 Å². The summed E-state index contributed by atoms with van der Waals surface area (Å²) in [7, 11) is -2.51. The second kappa shape index (κ2) is 9.16. The number of para-hydroxylation sites is 1.